The van der Waals surface area contributed by atoms with E-state index in [4.69, 9.17) is 0 Å². The van der Waals surface area contributed by atoms with Crippen LogP contribution in [0.1, 0.15) is 12.5 Å². The number of rotatable bonds is 7. The van der Waals surface area contributed by atoms with Crippen molar-refractivity contribution >= 4 is 40.0 Å². The molecule has 2 amide bonds. The molecule has 4 nitrogen and oxygen atoms in total. The van der Waals surface area contributed by atoms with E-state index in [-0.39, 0.29) is 30.4 Å². The molecule has 0 aromatic heterocycles. The molecule has 1 N–H and O–H groups in total. The van der Waals surface area contributed by atoms with E-state index in [1.54, 1.807) is 6.92 Å². The van der Waals surface area contributed by atoms with Crippen molar-refractivity contribution in [2.75, 3.05) is 24.2 Å². The zero-order chi connectivity index (χ0) is 22.4. The summed E-state index contributed by atoms with van der Waals surface area (Å²) in [6.07, 6.45) is -4.58. The van der Waals surface area contributed by atoms with Crippen LogP contribution in [0, 0.1) is 0 Å². The van der Waals surface area contributed by atoms with Crippen molar-refractivity contribution < 1.29 is 22.8 Å². The Morgan fingerprint density at radius 2 is 1.65 bits per heavy atom. The van der Waals surface area contributed by atoms with E-state index >= 15 is 0 Å². The lowest BCUT2D eigenvalue weighted by Crippen LogP contribution is -2.39. The molecule has 0 fully saturated rings. The average Bonchev–Trinajstić information content (AvgIpc) is 2.75. The molecule has 3 aromatic rings. The highest BCUT2D eigenvalue weighted by Crippen LogP contribution is 2.34. The SMILES string of the molecule is CCN(CC(=O)Nc1ccccc1C(F)(F)F)C(=O)CSc1ccc2ccccc2c1. The number of nitrogens with one attached hydrogen (secondary N) is 1. The van der Waals surface area contributed by atoms with Crippen LogP contribution in [0.3, 0.4) is 0 Å². The maximum atomic E-state index is 13.1. The summed E-state index contributed by atoms with van der Waals surface area (Å²) in [5.41, 5.74) is -1.25. The molecule has 0 heterocycles. The molecule has 3 rings (SSSR count). The Bertz CT molecular complexity index is 1090. The lowest BCUT2D eigenvalue weighted by molar-refractivity contribution is -0.137. The van der Waals surface area contributed by atoms with E-state index in [1.807, 2.05) is 42.5 Å². The van der Waals surface area contributed by atoms with Crippen LogP contribution in [0.2, 0.25) is 0 Å². The summed E-state index contributed by atoms with van der Waals surface area (Å²) in [5, 5.41) is 4.44. The van der Waals surface area contributed by atoms with Gasteiger partial charge < -0.3 is 10.2 Å². The van der Waals surface area contributed by atoms with E-state index < -0.39 is 17.6 Å². The van der Waals surface area contributed by atoms with Crippen molar-refractivity contribution in [3.8, 4) is 0 Å². The number of anilines is 1. The van der Waals surface area contributed by atoms with E-state index in [2.05, 4.69) is 5.32 Å². The number of fused-ring (bicyclic) bond motifs is 1. The smallest absolute Gasteiger partial charge is 0.333 e. The Morgan fingerprint density at radius 3 is 2.35 bits per heavy atom. The van der Waals surface area contributed by atoms with Gasteiger partial charge in [-0.15, -0.1) is 11.8 Å². The number of hydrogen-bond donors (Lipinski definition) is 1. The van der Waals surface area contributed by atoms with Crippen LogP contribution >= 0.6 is 11.8 Å². The molecule has 0 aliphatic heterocycles. The van der Waals surface area contributed by atoms with Crippen molar-refractivity contribution in [3.63, 3.8) is 0 Å². The van der Waals surface area contributed by atoms with Gasteiger partial charge >= 0.3 is 6.18 Å². The van der Waals surface area contributed by atoms with Gasteiger partial charge in [-0.05, 0) is 42.0 Å². The predicted octanol–water partition coefficient (Wildman–Crippen LogP) is 5.44. The number of benzene rings is 3. The van der Waals surface area contributed by atoms with Crippen molar-refractivity contribution in [1.82, 2.24) is 4.90 Å². The highest BCUT2D eigenvalue weighted by atomic mass is 32.2. The highest BCUT2D eigenvalue weighted by Gasteiger charge is 2.33. The lowest BCUT2D eigenvalue weighted by Gasteiger charge is -2.21. The number of alkyl halides is 3. The minimum Gasteiger partial charge on any atom is -0.333 e. The first-order chi connectivity index (χ1) is 14.8. The van der Waals surface area contributed by atoms with Crippen LogP contribution in [0.15, 0.2) is 71.6 Å². The molecule has 0 atom stereocenters. The van der Waals surface area contributed by atoms with Crippen LogP contribution in [0.5, 0.6) is 0 Å². The number of carbonyl (C=O) groups is 2. The van der Waals surface area contributed by atoms with E-state index in [9.17, 15) is 22.8 Å². The third-order valence-corrected chi connectivity index (χ3v) is 5.64. The Hall–Kier alpha value is -3.00. The number of halogens is 3. The Balaban J connectivity index is 1.60. The zero-order valence-electron chi connectivity index (χ0n) is 16.8. The molecule has 0 radical (unpaired) electrons. The molecule has 0 bridgehead atoms. The van der Waals surface area contributed by atoms with Gasteiger partial charge in [0.25, 0.3) is 0 Å². The van der Waals surface area contributed by atoms with Gasteiger partial charge in [-0.2, -0.15) is 13.2 Å². The van der Waals surface area contributed by atoms with Gasteiger partial charge in [-0.3, -0.25) is 9.59 Å². The number of para-hydroxylation sites is 1. The Kier molecular flexibility index (Phi) is 7.22. The fourth-order valence-electron chi connectivity index (χ4n) is 3.07. The zero-order valence-corrected chi connectivity index (χ0v) is 17.6. The molecule has 8 heteroatoms. The summed E-state index contributed by atoms with van der Waals surface area (Å²) in [6.45, 7) is 1.67. The monoisotopic (exact) mass is 446 g/mol. The largest absolute Gasteiger partial charge is 0.418 e. The first-order valence-electron chi connectivity index (χ1n) is 9.63. The number of carbonyl (C=O) groups excluding carboxylic acids is 2. The minimum absolute atomic E-state index is 0.124. The van der Waals surface area contributed by atoms with E-state index in [0.717, 1.165) is 21.7 Å². The van der Waals surface area contributed by atoms with Gasteiger partial charge in [-0.1, -0.05) is 42.5 Å². The second-order valence-electron chi connectivity index (χ2n) is 6.80. The lowest BCUT2D eigenvalue weighted by atomic mass is 10.1. The quantitative estimate of drug-likeness (QED) is 0.492. The number of thioether (sulfide) groups is 1. The van der Waals surface area contributed by atoms with E-state index in [0.29, 0.717) is 0 Å². The molecule has 0 aliphatic rings. The first kappa shape index (κ1) is 22.7. The molecule has 3 aromatic carbocycles. The maximum Gasteiger partial charge on any atom is 0.418 e. The Labute approximate surface area is 182 Å². The minimum atomic E-state index is -4.58. The van der Waals surface area contributed by atoms with Gasteiger partial charge in [0.15, 0.2) is 0 Å². The van der Waals surface area contributed by atoms with Crippen LogP contribution in [-0.4, -0.2) is 35.6 Å². The second-order valence-corrected chi connectivity index (χ2v) is 7.85. The molecular formula is C23H21F3N2O2S. The molecule has 0 unspecified atom stereocenters. The molecule has 0 saturated carbocycles. The van der Waals surface area contributed by atoms with Crippen molar-refractivity contribution in [2.45, 2.75) is 18.0 Å². The fraction of sp³-hybridized carbons (Fsp3) is 0.217. The van der Waals surface area contributed by atoms with Crippen LogP contribution < -0.4 is 5.32 Å². The maximum absolute atomic E-state index is 13.1. The summed E-state index contributed by atoms with van der Waals surface area (Å²) < 4.78 is 39.3. The summed E-state index contributed by atoms with van der Waals surface area (Å²) in [7, 11) is 0. The molecule has 31 heavy (non-hydrogen) atoms. The highest BCUT2D eigenvalue weighted by molar-refractivity contribution is 8.00. The summed E-state index contributed by atoms with van der Waals surface area (Å²) in [6, 6.07) is 18.5. The number of nitrogens with zero attached hydrogens (tertiary/aromatic N) is 1. The molecule has 162 valence electrons. The molecular weight excluding hydrogens is 425 g/mol. The molecule has 0 spiro atoms. The fourth-order valence-corrected chi connectivity index (χ4v) is 3.92. The summed E-state index contributed by atoms with van der Waals surface area (Å²) in [5.74, 6) is -0.819. The standard InChI is InChI=1S/C23H21F3N2O2S/c1-2-28(14-21(29)27-20-10-6-5-9-19(20)23(24,25)26)22(30)15-31-18-12-11-16-7-3-4-8-17(16)13-18/h3-13H,2,14-15H2,1H3,(H,27,29). The second kappa shape index (κ2) is 9.87. The normalized spacial score (nSPS) is 11.4. The van der Waals surface area contributed by atoms with Crippen LogP contribution in [-0.2, 0) is 15.8 Å². The van der Waals surface area contributed by atoms with Gasteiger partial charge in [0.05, 0.1) is 23.5 Å². The number of likely N-dealkylation sites (N-methyl/N-ethyl adjacent to an activating group) is 1. The van der Waals surface area contributed by atoms with Crippen molar-refractivity contribution in [2.24, 2.45) is 0 Å². The van der Waals surface area contributed by atoms with Crippen molar-refractivity contribution in [3.05, 3.63) is 72.3 Å². The number of hydrogen-bond acceptors (Lipinski definition) is 3. The average molecular weight is 446 g/mol. The Morgan fingerprint density at radius 1 is 0.968 bits per heavy atom. The third-order valence-electron chi connectivity index (χ3n) is 4.66. The summed E-state index contributed by atoms with van der Waals surface area (Å²) in [4.78, 5) is 27.1. The van der Waals surface area contributed by atoms with Gasteiger partial charge in [0, 0.05) is 11.4 Å². The van der Waals surface area contributed by atoms with Gasteiger partial charge in [0.1, 0.15) is 0 Å². The number of amides is 2. The predicted molar refractivity (Wildman–Crippen MR) is 117 cm³/mol. The van der Waals surface area contributed by atoms with Crippen LogP contribution in [0.25, 0.3) is 10.8 Å². The van der Waals surface area contributed by atoms with Crippen molar-refractivity contribution in [1.29, 1.82) is 0 Å². The third kappa shape index (κ3) is 6.01. The molecule has 0 saturated heterocycles. The summed E-state index contributed by atoms with van der Waals surface area (Å²) >= 11 is 1.35. The topological polar surface area (TPSA) is 49.4 Å². The van der Waals surface area contributed by atoms with E-state index in [1.165, 1.54) is 34.9 Å². The first-order valence-corrected chi connectivity index (χ1v) is 10.6. The molecule has 0 aliphatic carbocycles. The van der Waals surface area contributed by atoms with Crippen LogP contribution in [0.4, 0.5) is 18.9 Å². The van der Waals surface area contributed by atoms with Gasteiger partial charge in [0.2, 0.25) is 11.8 Å². The van der Waals surface area contributed by atoms with Gasteiger partial charge in [-0.25, -0.2) is 0 Å².